The Bertz CT molecular complexity index is 578. The van der Waals surface area contributed by atoms with Gasteiger partial charge >= 0.3 is 5.97 Å². The second-order valence-electron chi connectivity index (χ2n) is 6.28. The third-order valence-corrected chi connectivity index (χ3v) is 4.74. The van der Waals surface area contributed by atoms with E-state index in [0.717, 1.165) is 29.9 Å². The van der Waals surface area contributed by atoms with Gasteiger partial charge in [0.05, 0.1) is 24.7 Å². The van der Waals surface area contributed by atoms with Crippen molar-refractivity contribution >= 4 is 11.9 Å². The largest absolute Gasteiger partial charge is 0.480 e. The number of aryl methyl sites for hydroxylation is 2. The third kappa shape index (κ3) is 2.72. The van der Waals surface area contributed by atoms with E-state index in [9.17, 15) is 9.59 Å². The minimum Gasteiger partial charge on any atom is -0.480 e. The molecule has 3 saturated heterocycles. The number of carboxylic acid groups (broad SMARTS) is 1. The molecule has 2 bridgehead atoms. The van der Waals surface area contributed by atoms with E-state index in [1.54, 1.807) is 0 Å². The summed E-state index contributed by atoms with van der Waals surface area (Å²) in [4.78, 5) is 27.4. The lowest BCUT2D eigenvalue weighted by Gasteiger charge is -2.36. The minimum absolute atomic E-state index is 0.000554. The fourth-order valence-corrected chi connectivity index (χ4v) is 3.56. The normalized spacial score (nSPS) is 25.5. The van der Waals surface area contributed by atoms with Gasteiger partial charge in [0.15, 0.2) is 0 Å². The summed E-state index contributed by atoms with van der Waals surface area (Å²) in [6.07, 6.45) is 1.77. The van der Waals surface area contributed by atoms with E-state index in [2.05, 4.69) is 5.16 Å². The molecule has 1 amide bonds. The fourth-order valence-electron chi connectivity index (χ4n) is 3.56. The van der Waals surface area contributed by atoms with Crippen LogP contribution in [0.2, 0.25) is 0 Å². The first-order valence-corrected chi connectivity index (χ1v) is 7.62. The lowest BCUT2D eigenvalue weighted by molar-refractivity contribution is -0.141. The van der Waals surface area contributed by atoms with Gasteiger partial charge in [0, 0.05) is 24.7 Å². The number of rotatable bonds is 4. The number of carbonyl (C=O) groups excluding carboxylic acids is 1. The standard InChI is InChI=1S/C15H21N3O4/c1-9-13(10(2)22-16-9)7-18-12-4-3-11(15(18)21)5-17(6-12)8-14(19)20/h11-12H,3-8H2,1-2H3,(H,19,20)/t11-,12+/m0/s1. The van der Waals surface area contributed by atoms with Gasteiger partial charge in [-0.2, -0.15) is 0 Å². The van der Waals surface area contributed by atoms with Crippen molar-refractivity contribution in [2.75, 3.05) is 19.6 Å². The van der Waals surface area contributed by atoms with E-state index in [4.69, 9.17) is 9.63 Å². The maximum absolute atomic E-state index is 12.7. The number of aromatic nitrogens is 1. The summed E-state index contributed by atoms with van der Waals surface area (Å²) in [6, 6.07) is 0.0688. The van der Waals surface area contributed by atoms with Crippen molar-refractivity contribution in [3.8, 4) is 0 Å². The van der Waals surface area contributed by atoms with Crippen LogP contribution in [0.15, 0.2) is 4.52 Å². The molecular weight excluding hydrogens is 286 g/mol. The Morgan fingerprint density at radius 1 is 1.36 bits per heavy atom. The monoisotopic (exact) mass is 307 g/mol. The molecule has 2 atom stereocenters. The first kappa shape index (κ1) is 15.0. The predicted octanol–water partition coefficient (Wildman–Crippen LogP) is 0.799. The molecule has 3 aliphatic rings. The fraction of sp³-hybridized carbons (Fsp3) is 0.667. The number of nitrogens with zero attached hydrogens (tertiary/aromatic N) is 3. The summed E-state index contributed by atoms with van der Waals surface area (Å²) in [5.41, 5.74) is 1.78. The highest BCUT2D eigenvalue weighted by Gasteiger charge is 2.41. The van der Waals surface area contributed by atoms with Crippen molar-refractivity contribution in [2.24, 2.45) is 5.92 Å². The third-order valence-electron chi connectivity index (χ3n) is 4.74. The maximum atomic E-state index is 12.7. The van der Waals surface area contributed by atoms with E-state index in [0.29, 0.717) is 19.6 Å². The lowest BCUT2D eigenvalue weighted by Crippen LogP contribution is -2.47. The van der Waals surface area contributed by atoms with Gasteiger partial charge in [0.2, 0.25) is 5.91 Å². The summed E-state index contributed by atoms with van der Waals surface area (Å²) in [5.74, 6) is -0.0680. The van der Waals surface area contributed by atoms with E-state index in [1.165, 1.54) is 0 Å². The van der Waals surface area contributed by atoms with Crippen LogP contribution in [0, 0.1) is 19.8 Å². The van der Waals surface area contributed by atoms with Gasteiger partial charge in [-0.05, 0) is 26.7 Å². The topological polar surface area (TPSA) is 86.9 Å². The molecular formula is C15H21N3O4. The quantitative estimate of drug-likeness (QED) is 0.885. The van der Waals surface area contributed by atoms with Gasteiger partial charge in [-0.25, -0.2) is 0 Å². The predicted molar refractivity (Wildman–Crippen MR) is 77.1 cm³/mol. The van der Waals surface area contributed by atoms with Crippen molar-refractivity contribution in [3.05, 3.63) is 17.0 Å². The Labute approximate surface area is 128 Å². The van der Waals surface area contributed by atoms with E-state index >= 15 is 0 Å². The van der Waals surface area contributed by atoms with Crippen molar-refractivity contribution in [3.63, 3.8) is 0 Å². The molecule has 0 radical (unpaired) electrons. The number of hydrogen-bond donors (Lipinski definition) is 1. The average molecular weight is 307 g/mol. The van der Waals surface area contributed by atoms with Crippen LogP contribution in [-0.2, 0) is 16.1 Å². The first-order valence-electron chi connectivity index (χ1n) is 7.62. The molecule has 1 aromatic rings. The van der Waals surface area contributed by atoms with Crippen LogP contribution in [0.4, 0.5) is 0 Å². The first-order chi connectivity index (χ1) is 10.5. The molecule has 3 fully saturated rings. The van der Waals surface area contributed by atoms with Crippen LogP contribution in [0.5, 0.6) is 0 Å². The zero-order valence-electron chi connectivity index (χ0n) is 12.9. The van der Waals surface area contributed by atoms with Gasteiger partial charge in [-0.15, -0.1) is 0 Å². The number of piperidine rings is 1. The molecule has 7 heteroatoms. The smallest absolute Gasteiger partial charge is 0.317 e. The van der Waals surface area contributed by atoms with Gasteiger partial charge < -0.3 is 14.5 Å². The highest BCUT2D eigenvalue weighted by atomic mass is 16.5. The molecule has 0 aromatic carbocycles. The summed E-state index contributed by atoms with van der Waals surface area (Å²) in [7, 11) is 0. The van der Waals surface area contributed by atoms with Crippen molar-refractivity contribution < 1.29 is 19.2 Å². The molecule has 0 aliphatic carbocycles. The van der Waals surface area contributed by atoms with Crippen LogP contribution < -0.4 is 0 Å². The van der Waals surface area contributed by atoms with Crippen LogP contribution >= 0.6 is 0 Å². The Hall–Kier alpha value is -1.89. The number of aliphatic carboxylic acids is 1. The Balaban J connectivity index is 1.80. The van der Waals surface area contributed by atoms with E-state index in [-0.39, 0.29) is 24.4 Å². The zero-order valence-corrected chi connectivity index (χ0v) is 12.9. The number of amides is 1. The summed E-state index contributed by atoms with van der Waals surface area (Å²) >= 11 is 0. The van der Waals surface area contributed by atoms with Gasteiger partial charge in [-0.1, -0.05) is 5.16 Å². The summed E-state index contributed by atoms with van der Waals surface area (Å²) in [5, 5.41) is 12.9. The molecule has 22 heavy (non-hydrogen) atoms. The average Bonchev–Trinajstić information content (AvgIpc) is 2.63. The Morgan fingerprint density at radius 2 is 2.14 bits per heavy atom. The molecule has 120 valence electrons. The van der Waals surface area contributed by atoms with Crippen molar-refractivity contribution in [1.29, 1.82) is 0 Å². The van der Waals surface area contributed by atoms with Gasteiger partial charge in [-0.3, -0.25) is 14.5 Å². The highest BCUT2D eigenvalue weighted by Crippen LogP contribution is 2.31. The second-order valence-corrected chi connectivity index (χ2v) is 6.28. The van der Waals surface area contributed by atoms with Crippen molar-refractivity contribution in [1.82, 2.24) is 15.0 Å². The molecule has 1 N–H and O–H groups in total. The molecule has 4 rings (SSSR count). The Morgan fingerprint density at radius 3 is 2.77 bits per heavy atom. The number of carboxylic acids is 1. The highest BCUT2D eigenvalue weighted by molar-refractivity contribution is 5.81. The minimum atomic E-state index is -0.842. The van der Waals surface area contributed by atoms with Gasteiger partial charge in [0.1, 0.15) is 5.76 Å². The van der Waals surface area contributed by atoms with Crippen LogP contribution in [0.3, 0.4) is 0 Å². The molecule has 0 saturated carbocycles. The Kier molecular flexibility index (Phi) is 3.90. The number of carbonyl (C=O) groups is 2. The molecule has 3 aliphatic heterocycles. The number of hydrogen-bond acceptors (Lipinski definition) is 5. The molecule has 7 nitrogen and oxygen atoms in total. The van der Waals surface area contributed by atoms with Crippen LogP contribution in [0.25, 0.3) is 0 Å². The molecule has 0 unspecified atom stereocenters. The van der Waals surface area contributed by atoms with Crippen LogP contribution in [-0.4, -0.2) is 57.6 Å². The van der Waals surface area contributed by atoms with Crippen LogP contribution in [0.1, 0.15) is 29.9 Å². The van der Waals surface area contributed by atoms with Gasteiger partial charge in [0.25, 0.3) is 0 Å². The number of fused-ring (bicyclic) bond motifs is 4. The zero-order chi connectivity index (χ0) is 15.9. The summed E-state index contributed by atoms with van der Waals surface area (Å²) < 4.78 is 5.18. The SMILES string of the molecule is Cc1noc(C)c1CN1C(=O)[C@H]2CC[C@@H]1CN(CC(=O)O)C2. The van der Waals surface area contributed by atoms with E-state index < -0.39 is 5.97 Å². The maximum Gasteiger partial charge on any atom is 0.317 e. The molecule has 1 aromatic heterocycles. The molecule has 0 spiro atoms. The summed E-state index contributed by atoms with van der Waals surface area (Å²) in [6.45, 7) is 5.40. The molecule has 4 heterocycles. The lowest BCUT2D eigenvalue weighted by atomic mass is 9.93. The second kappa shape index (κ2) is 5.72. The van der Waals surface area contributed by atoms with E-state index in [1.807, 2.05) is 23.6 Å². The van der Waals surface area contributed by atoms with Crippen molar-refractivity contribution in [2.45, 2.75) is 39.3 Å².